The first-order chi connectivity index (χ1) is 8.11. The average molecular weight is 358 g/mol. The molecule has 2 aromatic rings. The smallest absolute Gasteiger partial charge is 0.118 e. The number of hydrogen-bond acceptors (Lipinski definition) is 1. The molecule has 90 valence electrons. The van der Waals surface area contributed by atoms with Gasteiger partial charge in [0.15, 0.2) is 0 Å². The van der Waals surface area contributed by atoms with Crippen molar-refractivity contribution in [2.45, 2.75) is 6.92 Å². The fraction of sp³-hybridized carbons (Fsp3) is 0.143. The van der Waals surface area contributed by atoms with Gasteiger partial charge in [-0.2, -0.15) is 0 Å². The topological polar surface area (TPSA) is 9.23 Å². The lowest BCUT2D eigenvalue weighted by Gasteiger charge is -1.96. The summed E-state index contributed by atoms with van der Waals surface area (Å²) in [5.41, 5.74) is 1.30. The predicted molar refractivity (Wildman–Crippen MR) is 79.6 cm³/mol. The highest BCUT2D eigenvalue weighted by Crippen LogP contribution is 2.14. The van der Waals surface area contributed by atoms with Gasteiger partial charge in [-0.15, -0.1) is 0 Å². The van der Waals surface area contributed by atoms with Crippen LogP contribution in [0.3, 0.4) is 0 Å². The number of methoxy groups -OCH3 is 1. The van der Waals surface area contributed by atoms with Crippen LogP contribution >= 0.6 is 31.9 Å². The third-order valence-electron chi connectivity index (χ3n) is 2.06. The summed E-state index contributed by atoms with van der Waals surface area (Å²) in [6.45, 7) is 2.08. The van der Waals surface area contributed by atoms with Crippen LogP contribution in [0.5, 0.6) is 5.75 Å². The highest BCUT2D eigenvalue weighted by molar-refractivity contribution is 9.10. The van der Waals surface area contributed by atoms with E-state index in [1.807, 2.05) is 36.4 Å². The minimum atomic E-state index is 0.887. The summed E-state index contributed by atoms with van der Waals surface area (Å²) in [6.07, 6.45) is 0. The molecule has 3 heteroatoms. The van der Waals surface area contributed by atoms with Crippen molar-refractivity contribution in [3.05, 3.63) is 63.0 Å². The minimum absolute atomic E-state index is 0.887. The molecule has 0 aliphatic rings. The van der Waals surface area contributed by atoms with Crippen LogP contribution < -0.4 is 4.74 Å². The van der Waals surface area contributed by atoms with Gasteiger partial charge in [-0.3, -0.25) is 0 Å². The van der Waals surface area contributed by atoms with Crippen LogP contribution in [0.1, 0.15) is 5.56 Å². The second kappa shape index (κ2) is 7.51. The number of aryl methyl sites for hydroxylation is 1. The zero-order chi connectivity index (χ0) is 12.7. The Kier molecular flexibility index (Phi) is 6.30. The van der Waals surface area contributed by atoms with Crippen LogP contribution in [-0.4, -0.2) is 7.11 Å². The van der Waals surface area contributed by atoms with E-state index in [-0.39, 0.29) is 0 Å². The first-order valence-corrected chi connectivity index (χ1v) is 6.72. The van der Waals surface area contributed by atoms with E-state index >= 15 is 0 Å². The lowest BCUT2D eigenvalue weighted by atomic mass is 10.2. The van der Waals surface area contributed by atoms with Crippen molar-refractivity contribution in [2.24, 2.45) is 0 Å². The summed E-state index contributed by atoms with van der Waals surface area (Å²) in [7, 11) is 1.66. The van der Waals surface area contributed by atoms with E-state index < -0.39 is 0 Å². The van der Waals surface area contributed by atoms with E-state index in [0.717, 1.165) is 14.7 Å². The summed E-state index contributed by atoms with van der Waals surface area (Å²) < 4.78 is 7.16. The van der Waals surface area contributed by atoms with Crippen LogP contribution in [0.15, 0.2) is 57.5 Å². The molecule has 0 aliphatic heterocycles. The van der Waals surface area contributed by atoms with Crippen LogP contribution in [0.2, 0.25) is 0 Å². The van der Waals surface area contributed by atoms with Crippen molar-refractivity contribution in [3.8, 4) is 5.75 Å². The normalized spacial score (nSPS) is 9.18. The molecule has 17 heavy (non-hydrogen) atoms. The monoisotopic (exact) mass is 356 g/mol. The fourth-order valence-electron chi connectivity index (χ4n) is 1.10. The number of hydrogen-bond donors (Lipinski definition) is 0. The van der Waals surface area contributed by atoms with Crippen molar-refractivity contribution in [1.82, 2.24) is 0 Å². The highest BCUT2D eigenvalue weighted by Gasteiger charge is 1.86. The van der Waals surface area contributed by atoms with E-state index in [4.69, 9.17) is 4.74 Å². The molecule has 0 saturated heterocycles. The Morgan fingerprint density at radius 2 is 1.18 bits per heavy atom. The molecule has 0 fully saturated rings. The zero-order valence-electron chi connectivity index (χ0n) is 9.78. The van der Waals surface area contributed by atoms with E-state index in [1.165, 1.54) is 5.56 Å². The van der Waals surface area contributed by atoms with Crippen LogP contribution in [0.25, 0.3) is 0 Å². The van der Waals surface area contributed by atoms with E-state index in [1.54, 1.807) is 7.11 Å². The van der Waals surface area contributed by atoms with Gasteiger partial charge >= 0.3 is 0 Å². The standard InChI is InChI=1S/C7H7BrO.C7H7Br/c1-9-7-4-2-6(8)3-5-7;1-6-2-4-7(8)5-3-6/h2-5H,1H3;2-5H,1H3. The zero-order valence-corrected chi connectivity index (χ0v) is 13.0. The summed E-state index contributed by atoms with van der Waals surface area (Å²) in [5.74, 6) is 0.887. The largest absolute Gasteiger partial charge is 0.497 e. The molecule has 1 nitrogen and oxygen atoms in total. The molecule has 2 rings (SSSR count). The van der Waals surface area contributed by atoms with Gasteiger partial charge in [0.05, 0.1) is 7.11 Å². The molecule has 0 bridgehead atoms. The van der Waals surface area contributed by atoms with Gasteiger partial charge in [0, 0.05) is 8.95 Å². The molecule has 0 aliphatic carbocycles. The summed E-state index contributed by atoms with van der Waals surface area (Å²) >= 11 is 6.66. The maximum atomic E-state index is 4.95. The van der Waals surface area contributed by atoms with Gasteiger partial charge in [-0.05, 0) is 43.3 Å². The second-order valence-corrected chi connectivity index (χ2v) is 5.28. The molecule has 0 atom stereocenters. The molecule has 0 N–H and O–H groups in total. The van der Waals surface area contributed by atoms with Gasteiger partial charge < -0.3 is 4.74 Å². The summed E-state index contributed by atoms with van der Waals surface area (Å²) in [6, 6.07) is 15.9. The fourth-order valence-corrected chi connectivity index (χ4v) is 1.63. The average Bonchev–Trinajstić information content (AvgIpc) is 2.35. The molecule has 0 saturated carbocycles. The van der Waals surface area contributed by atoms with Crippen molar-refractivity contribution in [2.75, 3.05) is 7.11 Å². The van der Waals surface area contributed by atoms with Crippen molar-refractivity contribution in [3.63, 3.8) is 0 Å². The summed E-state index contributed by atoms with van der Waals surface area (Å²) in [4.78, 5) is 0. The molecule has 0 radical (unpaired) electrons. The molecule has 0 aromatic heterocycles. The lowest BCUT2D eigenvalue weighted by molar-refractivity contribution is 0.414. The van der Waals surface area contributed by atoms with Gasteiger partial charge in [0.1, 0.15) is 5.75 Å². The maximum absolute atomic E-state index is 4.95. The molecular formula is C14H14Br2O. The lowest BCUT2D eigenvalue weighted by Crippen LogP contribution is -1.79. The Balaban J connectivity index is 0.000000171. The minimum Gasteiger partial charge on any atom is -0.497 e. The van der Waals surface area contributed by atoms with Gasteiger partial charge in [-0.1, -0.05) is 49.6 Å². The number of ether oxygens (including phenoxy) is 1. The highest BCUT2D eigenvalue weighted by atomic mass is 79.9. The van der Waals surface area contributed by atoms with Crippen molar-refractivity contribution < 1.29 is 4.74 Å². The Hall–Kier alpha value is -0.800. The molecule has 2 aromatic carbocycles. The van der Waals surface area contributed by atoms with Crippen molar-refractivity contribution in [1.29, 1.82) is 0 Å². The van der Waals surface area contributed by atoms with Gasteiger partial charge in [0.25, 0.3) is 0 Å². The molecule has 0 amide bonds. The third-order valence-corrected chi connectivity index (χ3v) is 3.12. The number of benzene rings is 2. The quantitative estimate of drug-likeness (QED) is 0.680. The molecule has 0 spiro atoms. The third kappa shape index (κ3) is 5.89. The SMILES string of the molecule is COc1ccc(Br)cc1.Cc1ccc(Br)cc1. The number of halogens is 2. The first kappa shape index (κ1) is 14.3. The summed E-state index contributed by atoms with van der Waals surface area (Å²) in [5, 5.41) is 0. The van der Waals surface area contributed by atoms with E-state index in [2.05, 4.69) is 50.9 Å². The van der Waals surface area contributed by atoms with Crippen LogP contribution in [0, 0.1) is 6.92 Å². The molecule has 0 heterocycles. The van der Waals surface area contributed by atoms with Gasteiger partial charge in [0.2, 0.25) is 0 Å². The van der Waals surface area contributed by atoms with Gasteiger partial charge in [-0.25, -0.2) is 0 Å². The Labute approximate surface area is 119 Å². The Morgan fingerprint density at radius 1 is 0.765 bits per heavy atom. The van der Waals surface area contributed by atoms with Crippen LogP contribution in [0.4, 0.5) is 0 Å². The number of rotatable bonds is 1. The molecule has 0 unspecified atom stereocenters. The molecular weight excluding hydrogens is 344 g/mol. The Bertz CT molecular complexity index is 414. The Morgan fingerprint density at radius 3 is 1.53 bits per heavy atom. The second-order valence-electron chi connectivity index (χ2n) is 3.45. The van der Waals surface area contributed by atoms with E-state index in [0.29, 0.717) is 0 Å². The van der Waals surface area contributed by atoms with Crippen LogP contribution in [-0.2, 0) is 0 Å². The first-order valence-electron chi connectivity index (χ1n) is 5.13. The maximum Gasteiger partial charge on any atom is 0.118 e. The van der Waals surface area contributed by atoms with Crippen molar-refractivity contribution >= 4 is 31.9 Å². The van der Waals surface area contributed by atoms with E-state index in [9.17, 15) is 0 Å². The predicted octanol–water partition coefficient (Wildman–Crippen LogP) is 5.22.